The van der Waals surface area contributed by atoms with Crippen molar-refractivity contribution < 1.29 is 19.8 Å². The Kier molecular flexibility index (Phi) is 4.08. The third-order valence-corrected chi connectivity index (χ3v) is 2.13. The summed E-state index contributed by atoms with van der Waals surface area (Å²) in [6.07, 6.45) is 0.746. The summed E-state index contributed by atoms with van der Waals surface area (Å²) in [5.41, 5.74) is 0.522. The van der Waals surface area contributed by atoms with Gasteiger partial charge >= 0.3 is 11.9 Å². The Bertz CT molecular complexity index is 434. The Labute approximate surface area is 96.8 Å². The van der Waals surface area contributed by atoms with Crippen LogP contribution in [-0.4, -0.2) is 22.2 Å². The molecule has 1 aromatic carbocycles. The molecule has 0 amide bonds. The van der Waals surface area contributed by atoms with Gasteiger partial charge < -0.3 is 10.2 Å². The number of carbonyl (C=O) groups is 2. The highest BCUT2D eigenvalue weighted by atomic mass is 35.5. The van der Waals surface area contributed by atoms with Gasteiger partial charge in [-0.2, -0.15) is 0 Å². The van der Waals surface area contributed by atoms with Crippen molar-refractivity contribution in [2.45, 2.75) is 6.42 Å². The van der Waals surface area contributed by atoms with E-state index < -0.39 is 11.9 Å². The molecule has 1 aromatic rings. The van der Waals surface area contributed by atoms with Crippen molar-refractivity contribution in [3.8, 4) is 0 Å². The Morgan fingerprint density at radius 3 is 2.19 bits per heavy atom. The lowest BCUT2D eigenvalue weighted by molar-refractivity contribution is -0.135. The lowest BCUT2D eigenvalue weighted by Crippen LogP contribution is -2.06. The predicted octanol–water partition coefficient (Wildman–Crippen LogP) is 1.98. The molecule has 0 unspecified atom stereocenters. The second-order valence-electron chi connectivity index (χ2n) is 3.12. The van der Waals surface area contributed by atoms with Gasteiger partial charge in [-0.3, -0.25) is 0 Å². The summed E-state index contributed by atoms with van der Waals surface area (Å²) in [5, 5.41) is 17.8. The molecule has 0 bridgehead atoms. The molecular weight excluding hydrogens is 232 g/mol. The van der Waals surface area contributed by atoms with Crippen LogP contribution in [0.2, 0.25) is 5.02 Å². The molecule has 0 aliphatic heterocycles. The smallest absolute Gasteiger partial charge is 0.332 e. The molecule has 0 saturated heterocycles. The van der Waals surface area contributed by atoms with Crippen LogP contribution < -0.4 is 0 Å². The number of rotatable bonds is 4. The van der Waals surface area contributed by atoms with Gasteiger partial charge in [-0.1, -0.05) is 23.7 Å². The third kappa shape index (κ3) is 3.74. The van der Waals surface area contributed by atoms with Crippen LogP contribution in [0.5, 0.6) is 0 Å². The van der Waals surface area contributed by atoms with Crippen LogP contribution in [0.15, 0.2) is 35.9 Å². The molecule has 0 heterocycles. The molecule has 0 aromatic heterocycles. The maximum atomic E-state index is 10.7. The van der Waals surface area contributed by atoms with Gasteiger partial charge in [0.25, 0.3) is 0 Å². The molecule has 4 nitrogen and oxygen atoms in total. The highest BCUT2D eigenvalue weighted by molar-refractivity contribution is 6.30. The van der Waals surface area contributed by atoms with E-state index in [0.29, 0.717) is 16.7 Å². The van der Waals surface area contributed by atoms with Crippen molar-refractivity contribution >= 4 is 23.5 Å². The zero-order chi connectivity index (χ0) is 12.1. The Hall–Kier alpha value is -1.81. The van der Waals surface area contributed by atoms with E-state index in [1.165, 1.54) is 0 Å². The van der Waals surface area contributed by atoms with Crippen molar-refractivity contribution in [3.63, 3.8) is 0 Å². The zero-order valence-corrected chi connectivity index (χ0v) is 8.94. The lowest BCUT2D eigenvalue weighted by Gasteiger charge is -2.02. The Morgan fingerprint density at radius 2 is 1.75 bits per heavy atom. The largest absolute Gasteiger partial charge is 0.478 e. The van der Waals surface area contributed by atoms with Gasteiger partial charge in [-0.25, -0.2) is 9.59 Å². The fourth-order valence-electron chi connectivity index (χ4n) is 1.16. The summed E-state index contributed by atoms with van der Waals surface area (Å²) in [6, 6.07) is 6.55. The molecule has 84 valence electrons. The summed E-state index contributed by atoms with van der Waals surface area (Å²) in [4.78, 5) is 21.1. The van der Waals surface area contributed by atoms with Gasteiger partial charge in [0.05, 0.1) is 0 Å². The first-order valence-corrected chi connectivity index (χ1v) is 4.78. The summed E-state index contributed by atoms with van der Waals surface area (Å²) in [7, 11) is 0. The minimum absolute atomic E-state index is 0.0544. The standard InChI is InChI=1S/C11H9ClO4/c12-9-3-1-7(2-4-9)5-8(11(15)16)6-10(13)14/h1-4,6H,5H2,(H,13,14)(H,15,16). The molecule has 0 radical (unpaired) electrons. The van der Waals surface area contributed by atoms with Gasteiger partial charge in [0.2, 0.25) is 0 Å². The first-order chi connectivity index (χ1) is 7.49. The molecular formula is C11H9ClO4. The fraction of sp³-hybridized carbons (Fsp3) is 0.0909. The van der Waals surface area contributed by atoms with Gasteiger partial charge in [-0.15, -0.1) is 0 Å². The number of carboxylic acid groups (broad SMARTS) is 2. The van der Waals surface area contributed by atoms with Crippen LogP contribution in [0.1, 0.15) is 5.56 Å². The number of benzene rings is 1. The minimum Gasteiger partial charge on any atom is -0.478 e. The van der Waals surface area contributed by atoms with Gasteiger partial charge in [-0.05, 0) is 17.7 Å². The quantitative estimate of drug-likeness (QED) is 0.789. The molecule has 0 atom stereocenters. The van der Waals surface area contributed by atoms with Crippen LogP contribution in [0.3, 0.4) is 0 Å². The number of hydrogen-bond donors (Lipinski definition) is 2. The molecule has 0 fully saturated rings. The van der Waals surface area contributed by atoms with Crippen molar-refractivity contribution in [1.29, 1.82) is 0 Å². The normalized spacial score (nSPS) is 11.2. The van der Waals surface area contributed by atoms with Gasteiger partial charge in [0.15, 0.2) is 0 Å². The molecule has 0 aliphatic rings. The average molecular weight is 241 g/mol. The second kappa shape index (κ2) is 5.32. The van der Waals surface area contributed by atoms with Crippen molar-refractivity contribution in [1.82, 2.24) is 0 Å². The van der Waals surface area contributed by atoms with E-state index in [4.69, 9.17) is 21.8 Å². The maximum absolute atomic E-state index is 10.7. The van der Waals surface area contributed by atoms with Crippen LogP contribution in [-0.2, 0) is 16.0 Å². The van der Waals surface area contributed by atoms with E-state index in [-0.39, 0.29) is 12.0 Å². The average Bonchev–Trinajstić information content (AvgIpc) is 2.19. The third-order valence-electron chi connectivity index (χ3n) is 1.88. The number of halogens is 1. The van der Waals surface area contributed by atoms with Gasteiger partial charge in [0, 0.05) is 23.1 Å². The van der Waals surface area contributed by atoms with E-state index in [2.05, 4.69) is 0 Å². The SMILES string of the molecule is O=C(O)C=C(Cc1ccc(Cl)cc1)C(=O)O. The highest BCUT2D eigenvalue weighted by Crippen LogP contribution is 2.13. The number of hydrogen-bond acceptors (Lipinski definition) is 2. The number of aliphatic carboxylic acids is 2. The van der Waals surface area contributed by atoms with Crippen LogP contribution >= 0.6 is 11.6 Å². The molecule has 2 N–H and O–H groups in total. The van der Waals surface area contributed by atoms with Crippen LogP contribution in [0, 0.1) is 0 Å². The van der Waals surface area contributed by atoms with Crippen molar-refractivity contribution in [2.75, 3.05) is 0 Å². The first-order valence-electron chi connectivity index (χ1n) is 4.40. The van der Waals surface area contributed by atoms with Gasteiger partial charge in [0.1, 0.15) is 0 Å². The van der Waals surface area contributed by atoms with E-state index in [1.54, 1.807) is 24.3 Å². The fourth-order valence-corrected chi connectivity index (χ4v) is 1.29. The maximum Gasteiger partial charge on any atom is 0.332 e. The highest BCUT2D eigenvalue weighted by Gasteiger charge is 2.10. The number of carboxylic acids is 2. The zero-order valence-electron chi connectivity index (χ0n) is 8.18. The molecule has 16 heavy (non-hydrogen) atoms. The molecule has 0 spiro atoms. The summed E-state index contributed by atoms with van der Waals surface area (Å²) >= 11 is 5.67. The minimum atomic E-state index is -1.27. The van der Waals surface area contributed by atoms with Crippen LogP contribution in [0.4, 0.5) is 0 Å². The van der Waals surface area contributed by atoms with E-state index in [0.717, 1.165) is 0 Å². The monoisotopic (exact) mass is 240 g/mol. The van der Waals surface area contributed by atoms with Crippen molar-refractivity contribution in [3.05, 3.63) is 46.5 Å². The lowest BCUT2D eigenvalue weighted by atomic mass is 10.1. The van der Waals surface area contributed by atoms with E-state index in [9.17, 15) is 9.59 Å². The summed E-state index contributed by atoms with van der Waals surface area (Å²) < 4.78 is 0. The van der Waals surface area contributed by atoms with Crippen LogP contribution in [0.25, 0.3) is 0 Å². The van der Waals surface area contributed by atoms with E-state index in [1.807, 2.05) is 0 Å². The molecule has 5 heteroatoms. The van der Waals surface area contributed by atoms with E-state index >= 15 is 0 Å². The summed E-state index contributed by atoms with van der Waals surface area (Å²) in [6.45, 7) is 0. The second-order valence-corrected chi connectivity index (χ2v) is 3.55. The Balaban J connectivity index is 2.88. The Morgan fingerprint density at radius 1 is 1.19 bits per heavy atom. The van der Waals surface area contributed by atoms with Crippen molar-refractivity contribution in [2.24, 2.45) is 0 Å². The molecule has 1 rings (SSSR count). The molecule has 0 saturated carbocycles. The molecule has 0 aliphatic carbocycles. The topological polar surface area (TPSA) is 74.6 Å². The first kappa shape index (κ1) is 12.3. The summed E-state index contributed by atoms with van der Waals surface area (Å²) in [5.74, 6) is -2.51. The predicted molar refractivity (Wildman–Crippen MR) is 58.5 cm³/mol.